The van der Waals surface area contributed by atoms with Crippen molar-refractivity contribution in [3.05, 3.63) is 12.2 Å². The molecule has 0 saturated heterocycles. The van der Waals surface area contributed by atoms with E-state index in [0.29, 0.717) is 18.8 Å². The number of rotatable bonds is 6. The number of nitrogens with one attached hydrogen (secondary N) is 2. The van der Waals surface area contributed by atoms with Crippen LogP contribution in [0.15, 0.2) is 12.2 Å². The molecular weight excluding hydrogens is 180 g/mol. The molecule has 1 atom stereocenters. The zero-order valence-corrected chi connectivity index (χ0v) is 8.71. The van der Waals surface area contributed by atoms with Gasteiger partial charge in [0.25, 0.3) is 0 Å². The molecular formula is C10H18N2O2. The van der Waals surface area contributed by atoms with Gasteiger partial charge in [0.15, 0.2) is 0 Å². The van der Waals surface area contributed by atoms with Gasteiger partial charge in [0.1, 0.15) is 0 Å². The molecule has 0 radical (unpaired) electrons. The van der Waals surface area contributed by atoms with Gasteiger partial charge in [-0.25, -0.2) is 0 Å². The maximum atomic E-state index is 10.4. The van der Waals surface area contributed by atoms with Gasteiger partial charge in [0.2, 0.25) is 0 Å². The van der Waals surface area contributed by atoms with Crippen molar-refractivity contribution in [3.63, 3.8) is 0 Å². The van der Waals surface area contributed by atoms with E-state index in [-0.39, 0.29) is 5.92 Å². The van der Waals surface area contributed by atoms with Gasteiger partial charge in [-0.1, -0.05) is 19.1 Å². The van der Waals surface area contributed by atoms with Crippen LogP contribution in [0.4, 0.5) is 0 Å². The van der Waals surface area contributed by atoms with Crippen LogP contribution in [0, 0.1) is 11.3 Å². The molecule has 0 amide bonds. The van der Waals surface area contributed by atoms with Crippen molar-refractivity contribution in [1.29, 1.82) is 5.41 Å². The number of carboxylic acid groups (broad SMARTS) is 1. The zero-order chi connectivity index (χ0) is 11.0. The molecule has 80 valence electrons. The summed E-state index contributed by atoms with van der Waals surface area (Å²) in [5, 5.41) is 18.5. The zero-order valence-electron chi connectivity index (χ0n) is 8.71. The van der Waals surface area contributed by atoms with E-state index >= 15 is 0 Å². The number of carbonyl (C=O) groups is 1. The van der Waals surface area contributed by atoms with Gasteiger partial charge >= 0.3 is 5.97 Å². The minimum atomic E-state index is -0.744. The minimum absolute atomic E-state index is 0.280. The Morgan fingerprint density at radius 3 is 2.71 bits per heavy atom. The van der Waals surface area contributed by atoms with E-state index in [2.05, 4.69) is 5.32 Å². The maximum absolute atomic E-state index is 10.4. The Balaban J connectivity index is 3.44. The van der Waals surface area contributed by atoms with E-state index in [9.17, 15) is 4.79 Å². The molecule has 0 aromatic rings. The van der Waals surface area contributed by atoms with Crippen molar-refractivity contribution >= 4 is 11.8 Å². The SMILES string of the molecule is CC(=N)NC/C=C/CCC(C)C(=O)O. The van der Waals surface area contributed by atoms with Gasteiger partial charge < -0.3 is 10.4 Å². The lowest BCUT2D eigenvalue weighted by molar-refractivity contribution is -0.141. The lowest BCUT2D eigenvalue weighted by Crippen LogP contribution is -2.18. The van der Waals surface area contributed by atoms with Crippen LogP contribution in [-0.2, 0) is 4.79 Å². The van der Waals surface area contributed by atoms with Crippen molar-refractivity contribution < 1.29 is 9.90 Å². The molecule has 0 aliphatic heterocycles. The Bertz CT molecular complexity index is 224. The fraction of sp³-hybridized carbons (Fsp3) is 0.600. The summed E-state index contributed by atoms with van der Waals surface area (Å²) in [6, 6.07) is 0. The van der Waals surface area contributed by atoms with E-state index in [1.54, 1.807) is 13.8 Å². The summed E-state index contributed by atoms with van der Waals surface area (Å²) in [4.78, 5) is 10.4. The number of hydrogen-bond acceptors (Lipinski definition) is 2. The summed E-state index contributed by atoms with van der Waals surface area (Å²) in [6.07, 6.45) is 5.28. The third-order valence-corrected chi connectivity index (χ3v) is 1.84. The second kappa shape index (κ2) is 7.12. The molecule has 0 saturated carbocycles. The first-order chi connectivity index (χ1) is 6.54. The molecule has 0 bridgehead atoms. The first-order valence-electron chi connectivity index (χ1n) is 4.71. The quantitative estimate of drug-likeness (QED) is 0.345. The van der Waals surface area contributed by atoms with Crippen molar-refractivity contribution in [2.45, 2.75) is 26.7 Å². The van der Waals surface area contributed by atoms with Crippen LogP contribution in [0.3, 0.4) is 0 Å². The number of allylic oxidation sites excluding steroid dienone is 1. The third kappa shape index (κ3) is 7.34. The highest BCUT2D eigenvalue weighted by atomic mass is 16.4. The van der Waals surface area contributed by atoms with E-state index in [4.69, 9.17) is 10.5 Å². The fourth-order valence-corrected chi connectivity index (χ4v) is 0.883. The molecule has 4 nitrogen and oxygen atoms in total. The molecule has 0 heterocycles. The lowest BCUT2D eigenvalue weighted by Gasteiger charge is -2.02. The average molecular weight is 198 g/mol. The van der Waals surface area contributed by atoms with Gasteiger partial charge in [-0.05, 0) is 19.8 Å². The van der Waals surface area contributed by atoms with Crippen LogP contribution >= 0.6 is 0 Å². The summed E-state index contributed by atoms with van der Waals surface area (Å²) >= 11 is 0. The molecule has 0 aromatic heterocycles. The van der Waals surface area contributed by atoms with Crippen LogP contribution in [0.5, 0.6) is 0 Å². The molecule has 4 heteroatoms. The summed E-state index contributed by atoms with van der Waals surface area (Å²) in [5.41, 5.74) is 0. The number of carboxylic acids is 1. The van der Waals surface area contributed by atoms with Gasteiger partial charge in [0, 0.05) is 6.54 Å². The molecule has 3 N–H and O–H groups in total. The first-order valence-corrected chi connectivity index (χ1v) is 4.71. The molecule has 0 aromatic carbocycles. The van der Waals surface area contributed by atoms with Gasteiger partial charge in [-0.15, -0.1) is 0 Å². The summed E-state index contributed by atoms with van der Waals surface area (Å²) in [5.74, 6) is -0.586. The average Bonchev–Trinajstić information content (AvgIpc) is 2.09. The van der Waals surface area contributed by atoms with E-state index in [1.807, 2.05) is 12.2 Å². The molecule has 0 spiro atoms. The minimum Gasteiger partial charge on any atom is -0.481 e. The largest absolute Gasteiger partial charge is 0.481 e. The molecule has 0 aliphatic rings. The second-order valence-electron chi connectivity index (χ2n) is 3.29. The number of amidine groups is 1. The predicted molar refractivity (Wildman–Crippen MR) is 56.6 cm³/mol. The van der Waals surface area contributed by atoms with Crippen LogP contribution in [0.25, 0.3) is 0 Å². The first kappa shape index (κ1) is 12.7. The highest BCUT2D eigenvalue weighted by molar-refractivity contribution is 5.76. The predicted octanol–water partition coefficient (Wildman–Crippen LogP) is 1.63. The Morgan fingerprint density at radius 1 is 1.57 bits per heavy atom. The number of hydrogen-bond donors (Lipinski definition) is 3. The molecule has 0 fully saturated rings. The smallest absolute Gasteiger partial charge is 0.306 e. The van der Waals surface area contributed by atoms with E-state index in [1.165, 1.54) is 0 Å². The highest BCUT2D eigenvalue weighted by Gasteiger charge is 2.08. The summed E-state index contributed by atoms with van der Waals surface area (Å²) in [6.45, 7) is 4.02. The van der Waals surface area contributed by atoms with E-state index in [0.717, 1.165) is 6.42 Å². The third-order valence-electron chi connectivity index (χ3n) is 1.84. The van der Waals surface area contributed by atoms with Crippen LogP contribution in [0.2, 0.25) is 0 Å². The maximum Gasteiger partial charge on any atom is 0.306 e. The molecule has 0 aliphatic carbocycles. The summed E-state index contributed by atoms with van der Waals surface area (Å²) in [7, 11) is 0. The monoisotopic (exact) mass is 198 g/mol. The van der Waals surface area contributed by atoms with Gasteiger partial charge in [0.05, 0.1) is 11.8 Å². The Kier molecular flexibility index (Phi) is 6.45. The standard InChI is InChI=1S/C10H18N2O2/c1-8(10(13)14)6-4-3-5-7-12-9(2)11/h3,5,8H,4,6-7H2,1-2H3,(H2,11,12)(H,13,14)/b5-3+. The van der Waals surface area contributed by atoms with Gasteiger partial charge in [-0.3, -0.25) is 10.2 Å². The Hall–Kier alpha value is -1.32. The lowest BCUT2D eigenvalue weighted by atomic mass is 10.1. The van der Waals surface area contributed by atoms with E-state index < -0.39 is 5.97 Å². The van der Waals surface area contributed by atoms with Crippen molar-refractivity contribution in [2.75, 3.05) is 6.54 Å². The molecule has 0 rings (SSSR count). The van der Waals surface area contributed by atoms with Crippen LogP contribution in [0.1, 0.15) is 26.7 Å². The normalized spacial score (nSPS) is 12.7. The highest BCUT2D eigenvalue weighted by Crippen LogP contribution is 2.05. The van der Waals surface area contributed by atoms with Crippen molar-refractivity contribution in [3.8, 4) is 0 Å². The Labute approximate surface area is 84.5 Å². The van der Waals surface area contributed by atoms with Gasteiger partial charge in [-0.2, -0.15) is 0 Å². The Morgan fingerprint density at radius 2 is 2.21 bits per heavy atom. The van der Waals surface area contributed by atoms with Crippen molar-refractivity contribution in [2.24, 2.45) is 5.92 Å². The second-order valence-corrected chi connectivity index (χ2v) is 3.29. The number of aliphatic carboxylic acids is 1. The van der Waals surface area contributed by atoms with Crippen molar-refractivity contribution in [1.82, 2.24) is 5.32 Å². The molecule has 14 heavy (non-hydrogen) atoms. The molecule has 1 unspecified atom stereocenters. The fourth-order valence-electron chi connectivity index (χ4n) is 0.883. The van der Waals surface area contributed by atoms with Crippen LogP contribution < -0.4 is 5.32 Å². The summed E-state index contributed by atoms with van der Waals surface area (Å²) < 4.78 is 0. The van der Waals surface area contributed by atoms with Crippen LogP contribution in [-0.4, -0.2) is 23.5 Å². The topological polar surface area (TPSA) is 73.2 Å².